The number of nitrogens with zero attached hydrogens (tertiary/aromatic N) is 4. The lowest BCUT2D eigenvalue weighted by Gasteiger charge is -2.55. The van der Waals surface area contributed by atoms with Gasteiger partial charge in [0.2, 0.25) is 0 Å². The van der Waals surface area contributed by atoms with E-state index in [1.165, 1.54) is 91.0 Å². The van der Waals surface area contributed by atoms with Gasteiger partial charge in [0, 0.05) is 25.7 Å². The normalized spacial score (nSPS) is 30.2. The standard InChI is InChI=1S/C19H36N4.C2H6/c1-20-7-3-17(4-8-20)15-22-9-5-19(6-10-22)13-18(14-19)23-12-11-21(2)16-23;1-2/h17-18H,3-16H2,1-2H3;1-2H3. The highest BCUT2D eigenvalue weighted by Crippen LogP contribution is 2.51. The number of piperidine rings is 2. The fraction of sp³-hybridized carbons (Fsp3) is 1.00. The maximum atomic E-state index is 2.79. The molecule has 0 aromatic heterocycles. The van der Waals surface area contributed by atoms with Gasteiger partial charge in [-0.1, -0.05) is 13.8 Å². The lowest BCUT2D eigenvalue weighted by Crippen LogP contribution is -2.55. The first-order valence-corrected chi connectivity index (χ1v) is 11.0. The Morgan fingerprint density at radius 2 is 1.44 bits per heavy atom. The summed E-state index contributed by atoms with van der Waals surface area (Å²) >= 11 is 0. The molecule has 4 aliphatic rings. The first-order chi connectivity index (χ1) is 12.1. The molecule has 0 aromatic carbocycles. The molecule has 0 bridgehead atoms. The zero-order valence-electron chi connectivity index (χ0n) is 17.3. The van der Waals surface area contributed by atoms with Crippen LogP contribution in [-0.4, -0.2) is 92.2 Å². The third-order valence-electron chi connectivity index (χ3n) is 7.32. The summed E-state index contributed by atoms with van der Waals surface area (Å²) in [7, 11) is 4.53. The Balaban J connectivity index is 0.000000880. The highest BCUT2D eigenvalue weighted by atomic mass is 15.4. The molecule has 0 N–H and O–H groups in total. The molecule has 0 amide bonds. The van der Waals surface area contributed by atoms with E-state index in [2.05, 4.69) is 33.7 Å². The van der Waals surface area contributed by atoms with Crippen LogP contribution < -0.4 is 0 Å². The molecule has 3 aliphatic heterocycles. The molecule has 1 aliphatic carbocycles. The summed E-state index contributed by atoms with van der Waals surface area (Å²) in [6.45, 7) is 14.5. The van der Waals surface area contributed by atoms with Crippen LogP contribution in [0.5, 0.6) is 0 Å². The minimum absolute atomic E-state index is 0.731. The Kier molecular flexibility index (Phi) is 6.81. The van der Waals surface area contributed by atoms with Crippen LogP contribution in [0.3, 0.4) is 0 Å². The lowest BCUT2D eigenvalue weighted by atomic mass is 9.60. The summed E-state index contributed by atoms with van der Waals surface area (Å²) in [4.78, 5) is 10.5. The Morgan fingerprint density at radius 1 is 0.800 bits per heavy atom. The van der Waals surface area contributed by atoms with Crippen LogP contribution in [0, 0.1) is 11.3 Å². The molecule has 0 atom stereocenters. The van der Waals surface area contributed by atoms with E-state index in [9.17, 15) is 0 Å². The molecular weight excluding hydrogens is 308 g/mol. The average Bonchev–Trinajstić information content (AvgIpc) is 3.04. The molecule has 3 heterocycles. The summed E-state index contributed by atoms with van der Waals surface area (Å²) in [6, 6.07) is 0.903. The van der Waals surface area contributed by atoms with Gasteiger partial charge in [0.1, 0.15) is 0 Å². The molecule has 4 nitrogen and oxygen atoms in total. The molecule has 3 saturated heterocycles. The van der Waals surface area contributed by atoms with E-state index in [4.69, 9.17) is 0 Å². The van der Waals surface area contributed by atoms with Crippen LogP contribution >= 0.6 is 0 Å². The second-order valence-corrected chi connectivity index (χ2v) is 9.14. The summed E-state index contributed by atoms with van der Waals surface area (Å²) in [5.74, 6) is 0.967. The van der Waals surface area contributed by atoms with Crippen molar-refractivity contribution in [3.63, 3.8) is 0 Å². The summed E-state index contributed by atoms with van der Waals surface area (Å²) in [5, 5.41) is 0. The minimum Gasteiger partial charge on any atom is -0.306 e. The summed E-state index contributed by atoms with van der Waals surface area (Å²) < 4.78 is 0. The van der Waals surface area contributed by atoms with Crippen LogP contribution in [0.15, 0.2) is 0 Å². The first kappa shape index (κ1) is 19.6. The minimum atomic E-state index is 0.731. The van der Waals surface area contributed by atoms with Gasteiger partial charge in [0.05, 0.1) is 6.67 Å². The molecule has 1 spiro atoms. The van der Waals surface area contributed by atoms with Crippen molar-refractivity contribution in [1.82, 2.24) is 19.6 Å². The van der Waals surface area contributed by atoms with Gasteiger partial charge >= 0.3 is 0 Å². The smallest absolute Gasteiger partial charge is 0.0507 e. The number of likely N-dealkylation sites (N-methyl/N-ethyl adjacent to an activating group) is 1. The Bertz CT molecular complexity index is 389. The van der Waals surface area contributed by atoms with E-state index in [0.29, 0.717) is 0 Å². The highest BCUT2D eigenvalue weighted by Gasteiger charge is 2.48. The summed E-state index contributed by atoms with van der Waals surface area (Å²) in [6.07, 6.45) is 8.76. The zero-order valence-corrected chi connectivity index (χ0v) is 17.3. The highest BCUT2D eigenvalue weighted by molar-refractivity contribution is 5.02. The van der Waals surface area contributed by atoms with Gasteiger partial charge in [0.25, 0.3) is 0 Å². The van der Waals surface area contributed by atoms with Crippen molar-refractivity contribution in [1.29, 1.82) is 0 Å². The quantitative estimate of drug-likeness (QED) is 0.776. The van der Waals surface area contributed by atoms with E-state index in [1.807, 2.05) is 13.8 Å². The van der Waals surface area contributed by atoms with E-state index >= 15 is 0 Å². The Hall–Kier alpha value is -0.160. The van der Waals surface area contributed by atoms with Gasteiger partial charge < -0.3 is 9.80 Å². The molecule has 4 heteroatoms. The lowest BCUT2D eigenvalue weighted by molar-refractivity contribution is -0.0422. The van der Waals surface area contributed by atoms with Crippen molar-refractivity contribution >= 4 is 0 Å². The number of hydrogen-bond acceptors (Lipinski definition) is 4. The van der Waals surface area contributed by atoms with Crippen molar-refractivity contribution in [3.05, 3.63) is 0 Å². The third kappa shape index (κ3) is 4.77. The maximum Gasteiger partial charge on any atom is 0.0507 e. The van der Waals surface area contributed by atoms with Crippen LogP contribution in [0.4, 0.5) is 0 Å². The fourth-order valence-electron chi connectivity index (χ4n) is 5.47. The van der Waals surface area contributed by atoms with E-state index in [1.54, 1.807) is 0 Å². The SMILES string of the molecule is CC.CN1CCC(CN2CCC3(CC2)CC(N2CCN(C)C2)C3)CC1. The largest absolute Gasteiger partial charge is 0.306 e. The number of hydrogen-bond donors (Lipinski definition) is 0. The van der Waals surface area contributed by atoms with Gasteiger partial charge in [0.15, 0.2) is 0 Å². The van der Waals surface area contributed by atoms with Gasteiger partial charge in [-0.3, -0.25) is 9.80 Å². The third-order valence-corrected chi connectivity index (χ3v) is 7.32. The van der Waals surface area contributed by atoms with Gasteiger partial charge in [-0.05, 0) is 90.1 Å². The van der Waals surface area contributed by atoms with Crippen molar-refractivity contribution in [2.24, 2.45) is 11.3 Å². The molecule has 0 radical (unpaired) electrons. The molecule has 0 unspecified atom stereocenters. The molecule has 4 fully saturated rings. The van der Waals surface area contributed by atoms with Crippen molar-refractivity contribution in [2.75, 3.05) is 66.6 Å². The molecule has 1 saturated carbocycles. The van der Waals surface area contributed by atoms with Gasteiger partial charge in [-0.25, -0.2) is 0 Å². The van der Waals surface area contributed by atoms with E-state index in [-0.39, 0.29) is 0 Å². The van der Waals surface area contributed by atoms with Crippen molar-refractivity contribution in [2.45, 2.75) is 58.4 Å². The van der Waals surface area contributed by atoms with Crippen LogP contribution in [0.1, 0.15) is 52.4 Å². The monoisotopic (exact) mass is 350 g/mol. The molecular formula is C21H42N4. The second-order valence-electron chi connectivity index (χ2n) is 9.14. The van der Waals surface area contributed by atoms with Crippen molar-refractivity contribution in [3.8, 4) is 0 Å². The van der Waals surface area contributed by atoms with Crippen LogP contribution in [-0.2, 0) is 0 Å². The molecule has 25 heavy (non-hydrogen) atoms. The molecule has 0 aromatic rings. The molecule has 4 rings (SSSR count). The van der Waals surface area contributed by atoms with Crippen LogP contribution in [0.2, 0.25) is 0 Å². The molecule has 146 valence electrons. The summed E-state index contributed by atoms with van der Waals surface area (Å²) in [5.41, 5.74) is 0.731. The first-order valence-electron chi connectivity index (χ1n) is 11.0. The number of likely N-dealkylation sites (tertiary alicyclic amines) is 2. The fourth-order valence-corrected chi connectivity index (χ4v) is 5.47. The Morgan fingerprint density at radius 3 is 2.00 bits per heavy atom. The van der Waals surface area contributed by atoms with Gasteiger partial charge in [-0.15, -0.1) is 0 Å². The predicted octanol–water partition coefficient (Wildman–Crippen LogP) is 2.80. The van der Waals surface area contributed by atoms with Gasteiger partial charge in [-0.2, -0.15) is 0 Å². The average molecular weight is 351 g/mol. The second kappa shape index (κ2) is 8.69. The predicted molar refractivity (Wildman–Crippen MR) is 107 cm³/mol. The Labute approximate surface area is 156 Å². The zero-order chi connectivity index (χ0) is 17.9. The van der Waals surface area contributed by atoms with Crippen molar-refractivity contribution < 1.29 is 0 Å². The van der Waals surface area contributed by atoms with E-state index in [0.717, 1.165) is 17.4 Å². The maximum absolute atomic E-state index is 2.79. The van der Waals surface area contributed by atoms with Crippen LogP contribution in [0.25, 0.3) is 0 Å². The topological polar surface area (TPSA) is 13.0 Å². The van der Waals surface area contributed by atoms with E-state index < -0.39 is 0 Å². The number of rotatable bonds is 3.